The quantitative estimate of drug-likeness (QED) is 0.831. The molecule has 0 aliphatic heterocycles. The Morgan fingerprint density at radius 3 is 2.61 bits per heavy atom. The summed E-state index contributed by atoms with van der Waals surface area (Å²) in [6.45, 7) is 5.15. The lowest BCUT2D eigenvalue weighted by atomic mass is 10.2. The minimum absolute atomic E-state index is 0.279. The number of benzene rings is 1. The van der Waals surface area contributed by atoms with Crippen molar-refractivity contribution >= 4 is 21.7 Å². The third-order valence-electron chi connectivity index (χ3n) is 2.25. The van der Waals surface area contributed by atoms with Gasteiger partial charge in [-0.1, -0.05) is 6.07 Å². The molecule has 6 heteroatoms. The molecule has 1 N–H and O–H groups in total. The minimum atomic E-state index is -3.41. The zero-order valence-corrected chi connectivity index (χ0v) is 11.5. The number of nitrogens with one attached hydrogen (secondary N) is 1. The number of anilines is 1. The van der Waals surface area contributed by atoms with Crippen LogP contribution >= 0.6 is 0 Å². The van der Waals surface area contributed by atoms with Crippen molar-refractivity contribution in [3.8, 4) is 0 Å². The molecule has 0 bridgehead atoms. The molecule has 0 heterocycles. The topological polar surface area (TPSA) is 72.5 Å². The van der Waals surface area contributed by atoms with Crippen LogP contribution in [0.15, 0.2) is 24.3 Å². The maximum atomic E-state index is 11.7. The predicted molar refractivity (Wildman–Crippen MR) is 70.1 cm³/mol. The van der Waals surface area contributed by atoms with Gasteiger partial charge in [-0.15, -0.1) is 0 Å². The summed E-state index contributed by atoms with van der Waals surface area (Å²) in [6, 6.07) is 6.22. The van der Waals surface area contributed by atoms with Gasteiger partial charge >= 0.3 is 5.97 Å². The van der Waals surface area contributed by atoms with Crippen molar-refractivity contribution < 1.29 is 17.9 Å². The highest BCUT2D eigenvalue weighted by atomic mass is 32.2. The van der Waals surface area contributed by atoms with E-state index in [1.807, 2.05) is 0 Å². The van der Waals surface area contributed by atoms with Crippen molar-refractivity contribution in [1.82, 2.24) is 0 Å². The molecule has 0 atom stereocenters. The molecule has 1 rings (SSSR count). The van der Waals surface area contributed by atoms with Gasteiger partial charge in [0.2, 0.25) is 10.0 Å². The zero-order chi connectivity index (χ0) is 13.8. The average molecular weight is 271 g/mol. The highest BCUT2D eigenvalue weighted by Gasteiger charge is 2.16. The van der Waals surface area contributed by atoms with E-state index >= 15 is 0 Å². The molecule has 0 aromatic heterocycles. The van der Waals surface area contributed by atoms with E-state index in [9.17, 15) is 13.2 Å². The summed E-state index contributed by atoms with van der Waals surface area (Å²) < 4.78 is 30.6. The number of carbonyl (C=O) groups is 1. The predicted octanol–water partition coefficient (Wildman–Crippen LogP) is 2.01. The summed E-state index contributed by atoms with van der Waals surface area (Å²) in [5.74, 6) is -0.469. The lowest BCUT2D eigenvalue weighted by molar-refractivity contribution is 0.0526. The van der Waals surface area contributed by atoms with Crippen molar-refractivity contribution in [3.63, 3.8) is 0 Å². The maximum absolute atomic E-state index is 11.7. The summed E-state index contributed by atoms with van der Waals surface area (Å²) in [7, 11) is -3.41. The third-order valence-corrected chi connectivity index (χ3v) is 4.02. The van der Waals surface area contributed by atoms with Crippen molar-refractivity contribution in [3.05, 3.63) is 29.8 Å². The Bertz CT molecular complexity index is 523. The van der Waals surface area contributed by atoms with Crippen LogP contribution in [-0.2, 0) is 14.8 Å². The highest BCUT2D eigenvalue weighted by Crippen LogP contribution is 2.15. The molecule has 0 fully saturated rings. The average Bonchev–Trinajstić information content (AvgIpc) is 2.29. The Balaban J connectivity index is 2.93. The molecule has 1 aromatic rings. The summed E-state index contributed by atoms with van der Waals surface area (Å²) in [6.07, 6.45) is 0. The number of hydrogen-bond acceptors (Lipinski definition) is 4. The van der Waals surface area contributed by atoms with Gasteiger partial charge in [0, 0.05) is 5.69 Å². The Morgan fingerprint density at radius 2 is 2.06 bits per heavy atom. The van der Waals surface area contributed by atoms with Crippen molar-refractivity contribution in [2.75, 3.05) is 11.3 Å². The first-order chi connectivity index (χ1) is 8.36. The number of ether oxygens (including phenoxy) is 1. The van der Waals surface area contributed by atoms with Crippen LogP contribution in [-0.4, -0.2) is 26.2 Å². The summed E-state index contributed by atoms with van der Waals surface area (Å²) in [5.41, 5.74) is 0.676. The van der Waals surface area contributed by atoms with Gasteiger partial charge in [-0.05, 0) is 39.0 Å². The molecular weight excluding hydrogens is 254 g/mol. The third kappa shape index (κ3) is 3.73. The fourth-order valence-electron chi connectivity index (χ4n) is 1.21. The second kappa shape index (κ2) is 5.86. The normalized spacial score (nSPS) is 11.3. The standard InChI is InChI=1S/C12H17NO4S/c1-4-17-12(14)10-6-5-7-11(8-10)13-18(15,16)9(2)3/h5-9,13H,4H2,1-3H3. The Hall–Kier alpha value is -1.56. The molecule has 0 radical (unpaired) electrons. The van der Waals surface area contributed by atoms with E-state index in [0.717, 1.165) is 0 Å². The first-order valence-electron chi connectivity index (χ1n) is 5.65. The van der Waals surface area contributed by atoms with Gasteiger partial charge in [0.25, 0.3) is 0 Å². The Kier molecular flexibility index (Phi) is 4.72. The highest BCUT2D eigenvalue weighted by molar-refractivity contribution is 7.93. The van der Waals surface area contributed by atoms with Gasteiger partial charge in [0.15, 0.2) is 0 Å². The zero-order valence-electron chi connectivity index (χ0n) is 10.6. The molecule has 0 spiro atoms. The molecule has 5 nitrogen and oxygen atoms in total. The second-order valence-corrected chi connectivity index (χ2v) is 6.23. The van der Waals surface area contributed by atoms with Crippen LogP contribution in [0.5, 0.6) is 0 Å². The van der Waals surface area contributed by atoms with E-state index in [2.05, 4.69) is 4.72 Å². The fraction of sp³-hybridized carbons (Fsp3) is 0.417. The van der Waals surface area contributed by atoms with Crippen LogP contribution in [0.3, 0.4) is 0 Å². The molecule has 0 saturated carbocycles. The van der Waals surface area contributed by atoms with Gasteiger partial charge < -0.3 is 4.74 Å². The van der Waals surface area contributed by atoms with E-state index < -0.39 is 21.2 Å². The Labute approximate surface area is 107 Å². The van der Waals surface area contributed by atoms with Crippen LogP contribution in [0.25, 0.3) is 0 Å². The monoisotopic (exact) mass is 271 g/mol. The first kappa shape index (κ1) is 14.5. The first-order valence-corrected chi connectivity index (χ1v) is 7.20. The van der Waals surface area contributed by atoms with Crippen LogP contribution in [0, 0.1) is 0 Å². The van der Waals surface area contributed by atoms with Crippen LogP contribution in [0.4, 0.5) is 5.69 Å². The van der Waals surface area contributed by atoms with Crippen molar-refractivity contribution in [2.24, 2.45) is 0 Å². The van der Waals surface area contributed by atoms with Gasteiger partial charge in [-0.25, -0.2) is 13.2 Å². The van der Waals surface area contributed by atoms with Gasteiger partial charge in [-0.3, -0.25) is 4.72 Å². The molecule has 0 aliphatic rings. The van der Waals surface area contributed by atoms with Gasteiger partial charge in [-0.2, -0.15) is 0 Å². The summed E-state index contributed by atoms with van der Waals surface area (Å²) >= 11 is 0. The molecule has 1 aromatic carbocycles. The van der Waals surface area contributed by atoms with Crippen molar-refractivity contribution in [2.45, 2.75) is 26.0 Å². The smallest absolute Gasteiger partial charge is 0.338 e. The number of esters is 1. The Morgan fingerprint density at radius 1 is 1.39 bits per heavy atom. The van der Waals surface area contributed by atoms with Gasteiger partial charge in [0.1, 0.15) is 0 Å². The van der Waals surface area contributed by atoms with E-state index in [0.29, 0.717) is 11.3 Å². The number of rotatable bonds is 5. The molecule has 0 amide bonds. The molecule has 100 valence electrons. The van der Waals surface area contributed by atoms with E-state index in [4.69, 9.17) is 4.74 Å². The molecule has 0 unspecified atom stereocenters. The SMILES string of the molecule is CCOC(=O)c1cccc(NS(=O)(=O)C(C)C)c1. The van der Waals surface area contributed by atoms with E-state index in [1.54, 1.807) is 39.0 Å². The fourth-order valence-corrected chi connectivity index (χ4v) is 1.90. The van der Waals surface area contributed by atoms with Crippen molar-refractivity contribution in [1.29, 1.82) is 0 Å². The number of sulfonamides is 1. The summed E-state index contributed by atoms with van der Waals surface area (Å²) in [5, 5.41) is -0.538. The summed E-state index contributed by atoms with van der Waals surface area (Å²) in [4.78, 5) is 11.5. The lowest BCUT2D eigenvalue weighted by Gasteiger charge is -2.11. The maximum Gasteiger partial charge on any atom is 0.338 e. The lowest BCUT2D eigenvalue weighted by Crippen LogP contribution is -2.22. The molecular formula is C12H17NO4S. The van der Waals surface area contributed by atoms with E-state index in [-0.39, 0.29) is 6.61 Å². The van der Waals surface area contributed by atoms with Crippen LogP contribution in [0.2, 0.25) is 0 Å². The van der Waals surface area contributed by atoms with E-state index in [1.165, 1.54) is 6.07 Å². The molecule has 18 heavy (non-hydrogen) atoms. The minimum Gasteiger partial charge on any atom is -0.462 e. The molecule has 0 saturated heterocycles. The number of carbonyl (C=O) groups excluding carboxylic acids is 1. The molecule has 0 aliphatic carbocycles. The van der Waals surface area contributed by atoms with Crippen LogP contribution in [0.1, 0.15) is 31.1 Å². The number of hydrogen-bond donors (Lipinski definition) is 1. The largest absolute Gasteiger partial charge is 0.462 e. The second-order valence-electron chi connectivity index (χ2n) is 4.00. The van der Waals surface area contributed by atoms with Crippen LogP contribution < -0.4 is 4.72 Å². The van der Waals surface area contributed by atoms with Gasteiger partial charge in [0.05, 0.1) is 17.4 Å².